The van der Waals surface area contributed by atoms with Crippen molar-refractivity contribution in [2.24, 2.45) is 0 Å². The molecule has 0 bridgehead atoms. The Bertz CT molecular complexity index is 712. The van der Waals surface area contributed by atoms with Gasteiger partial charge >= 0.3 is 5.30 Å². The molecular formula is C20H23NO4S2. The smallest absolute Gasteiger partial charge is 0.365 e. The Labute approximate surface area is 168 Å². The highest BCUT2D eigenvalue weighted by molar-refractivity contribution is 8.24. The van der Waals surface area contributed by atoms with Crippen molar-refractivity contribution in [3.63, 3.8) is 0 Å². The summed E-state index contributed by atoms with van der Waals surface area (Å²) in [5, 5.41) is 21.1. The predicted octanol–water partition coefficient (Wildman–Crippen LogP) is 3.59. The van der Waals surface area contributed by atoms with Gasteiger partial charge in [0.15, 0.2) is 0 Å². The van der Waals surface area contributed by atoms with Crippen LogP contribution in [0.5, 0.6) is 0 Å². The number of carbonyl (C=O) groups is 2. The van der Waals surface area contributed by atoms with E-state index in [1.54, 1.807) is 11.0 Å². The molecule has 1 aliphatic heterocycles. The molecule has 144 valence electrons. The van der Waals surface area contributed by atoms with Gasteiger partial charge in [-0.15, -0.1) is 0 Å². The van der Waals surface area contributed by atoms with E-state index in [1.165, 1.54) is 11.8 Å². The van der Waals surface area contributed by atoms with Crippen LogP contribution >= 0.6 is 23.5 Å². The van der Waals surface area contributed by atoms with Crippen LogP contribution in [0.1, 0.15) is 24.8 Å². The van der Waals surface area contributed by atoms with Gasteiger partial charge in [-0.1, -0.05) is 60.2 Å². The van der Waals surface area contributed by atoms with E-state index < -0.39 is 11.4 Å². The van der Waals surface area contributed by atoms with Gasteiger partial charge in [-0.25, -0.2) is 4.79 Å². The van der Waals surface area contributed by atoms with Gasteiger partial charge in [0.05, 0.1) is 23.8 Å². The first-order valence-corrected chi connectivity index (χ1v) is 10.7. The lowest BCUT2D eigenvalue weighted by Gasteiger charge is -2.32. The molecule has 1 aromatic carbocycles. The number of hydrogen-bond acceptors (Lipinski definition) is 5. The Kier molecular flexibility index (Phi) is 9.32. The summed E-state index contributed by atoms with van der Waals surface area (Å²) in [5.41, 5.74) is 1.06. The van der Waals surface area contributed by atoms with Crippen LogP contribution in [0.2, 0.25) is 0 Å². The Morgan fingerprint density at radius 3 is 2.89 bits per heavy atom. The number of carboxylic acid groups (broad SMARTS) is 1. The lowest BCUT2D eigenvalue weighted by atomic mass is 9.99. The number of piperidine rings is 1. The molecule has 2 rings (SSSR count). The van der Waals surface area contributed by atoms with E-state index in [-0.39, 0.29) is 11.9 Å². The summed E-state index contributed by atoms with van der Waals surface area (Å²) in [6, 6.07) is 9.71. The normalized spacial score (nSPS) is 18.2. The Balaban J connectivity index is 1.87. The molecular weight excluding hydrogens is 382 g/mol. The second-order valence-corrected chi connectivity index (χ2v) is 8.15. The molecule has 27 heavy (non-hydrogen) atoms. The fourth-order valence-electron chi connectivity index (χ4n) is 2.81. The average molecular weight is 406 g/mol. The molecule has 2 atom stereocenters. The molecule has 1 fully saturated rings. The topological polar surface area (TPSA) is 77.8 Å². The first-order valence-electron chi connectivity index (χ1n) is 8.71. The highest BCUT2D eigenvalue weighted by Crippen LogP contribution is 2.19. The van der Waals surface area contributed by atoms with E-state index in [0.29, 0.717) is 24.5 Å². The van der Waals surface area contributed by atoms with Gasteiger partial charge in [-0.3, -0.25) is 4.79 Å². The summed E-state index contributed by atoms with van der Waals surface area (Å²) in [7, 11) is 0. The minimum absolute atomic E-state index is 0.0626. The van der Waals surface area contributed by atoms with Crippen LogP contribution in [0.4, 0.5) is 4.79 Å². The number of carbonyl (C=O) groups excluding carboxylic acids is 1. The van der Waals surface area contributed by atoms with Crippen LogP contribution in [0.3, 0.4) is 0 Å². The zero-order chi connectivity index (χ0) is 19.5. The largest absolute Gasteiger partial charge is 0.473 e. The predicted molar refractivity (Wildman–Crippen MR) is 110 cm³/mol. The van der Waals surface area contributed by atoms with Gasteiger partial charge in [0.2, 0.25) is 5.91 Å². The number of amides is 1. The fourth-order valence-corrected chi connectivity index (χ4v) is 3.85. The van der Waals surface area contributed by atoms with Crippen LogP contribution < -0.4 is 0 Å². The van der Waals surface area contributed by atoms with Crippen molar-refractivity contribution in [1.82, 2.24) is 4.90 Å². The van der Waals surface area contributed by atoms with Crippen molar-refractivity contribution in [2.75, 3.05) is 11.6 Å². The van der Waals surface area contributed by atoms with Crippen molar-refractivity contribution < 1.29 is 19.8 Å². The third-order valence-corrected chi connectivity index (χ3v) is 5.57. The third-order valence-electron chi connectivity index (χ3n) is 4.09. The number of rotatable bonds is 7. The van der Waals surface area contributed by atoms with Crippen molar-refractivity contribution in [3.8, 4) is 11.2 Å². The quantitative estimate of drug-likeness (QED) is 0.312. The van der Waals surface area contributed by atoms with Crippen molar-refractivity contribution >= 4 is 34.7 Å². The third kappa shape index (κ3) is 8.12. The maximum atomic E-state index is 12.2. The molecule has 0 aliphatic carbocycles. The maximum absolute atomic E-state index is 12.2. The molecule has 1 aliphatic rings. The zero-order valence-corrected chi connectivity index (χ0v) is 16.5. The number of hydrogen-bond donors (Lipinski definition) is 2. The van der Waals surface area contributed by atoms with Crippen LogP contribution in [-0.2, 0) is 11.2 Å². The Morgan fingerprint density at radius 1 is 1.37 bits per heavy atom. The van der Waals surface area contributed by atoms with Crippen molar-refractivity contribution in [3.05, 3.63) is 48.0 Å². The number of aliphatic hydroxyl groups is 1. The van der Waals surface area contributed by atoms with Gasteiger partial charge in [-0.2, -0.15) is 0 Å². The fraction of sp³-hybridized carbons (Fsp3) is 0.400. The van der Waals surface area contributed by atoms with Crippen LogP contribution in [0, 0.1) is 11.2 Å². The maximum Gasteiger partial charge on any atom is 0.365 e. The molecule has 1 aromatic rings. The first kappa shape index (κ1) is 21.4. The molecule has 7 heteroatoms. The van der Waals surface area contributed by atoms with E-state index in [2.05, 4.69) is 11.2 Å². The number of aliphatic hydroxyl groups excluding tert-OH is 1. The summed E-state index contributed by atoms with van der Waals surface area (Å²) in [4.78, 5) is 24.4. The standard InChI is InChI=1S/C20H23NO4S2/c22-18(14-16-6-2-1-3-7-16)11-10-17-8-4-9-19(23)21(17)12-5-13-26-15-27-20(24)25/h1-3,6-7,10-11,17-18,22H,4,8-9,12,14-15H2,(H,24,25)/b11-10+/t17-,18?/m1/s1. The number of benzene rings is 1. The zero-order valence-electron chi connectivity index (χ0n) is 14.9. The molecule has 0 saturated carbocycles. The minimum atomic E-state index is -0.922. The SMILES string of the molecule is O=C(O)SCSC#CCN1C(=O)CCC[C@@H]1/C=C/C(O)Cc1ccccc1. The molecule has 0 aromatic heterocycles. The molecule has 1 unspecified atom stereocenters. The van der Waals surface area contributed by atoms with E-state index in [1.807, 2.05) is 36.4 Å². The van der Waals surface area contributed by atoms with Crippen LogP contribution in [0.15, 0.2) is 42.5 Å². The Morgan fingerprint density at radius 2 is 2.15 bits per heavy atom. The van der Waals surface area contributed by atoms with E-state index in [9.17, 15) is 14.7 Å². The van der Waals surface area contributed by atoms with E-state index in [4.69, 9.17) is 5.11 Å². The Hall–Kier alpha value is -1.88. The van der Waals surface area contributed by atoms with Crippen molar-refractivity contribution in [2.45, 2.75) is 37.8 Å². The number of likely N-dealkylation sites (tertiary alicyclic amines) is 1. The monoisotopic (exact) mass is 405 g/mol. The highest BCUT2D eigenvalue weighted by Gasteiger charge is 2.25. The van der Waals surface area contributed by atoms with Gasteiger partial charge in [0.1, 0.15) is 0 Å². The summed E-state index contributed by atoms with van der Waals surface area (Å²) < 4.78 is 0. The molecule has 2 N–H and O–H groups in total. The molecule has 0 radical (unpaired) electrons. The highest BCUT2D eigenvalue weighted by atomic mass is 32.2. The summed E-state index contributed by atoms with van der Waals surface area (Å²) in [6.07, 6.45) is 5.80. The minimum Gasteiger partial charge on any atom is -0.473 e. The number of nitrogens with zero attached hydrogens (tertiary/aromatic N) is 1. The van der Waals surface area contributed by atoms with Crippen molar-refractivity contribution in [1.29, 1.82) is 0 Å². The molecule has 1 saturated heterocycles. The lowest BCUT2D eigenvalue weighted by Crippen LogP contribution is -2.42. The second-order valence-electron chi connectivity index (χ2n) is 6.07. The van der Waals surface area contributed by atoms with Gasteiger partial charge < -0.3 is 15.1 Å². The summed E-state index contributed by atoms with van der Waals surface area (Å²) in [5.74, 6) is 2.99. The van der Waals surface area contributed by atoms with Crippen LogP contribution in [-0.4, -0.2) is 50.1 Å². The van der Waals surface area contributed by atoms with E-state index in [0.717, 1.165) is 30.2 Å². The summed E-state index contributed by atoms with van der Waals surface area (Å²) >= 11 is 2.01. The average Bonchev–Trinajstić information content (AvgIpc) is 2.65. The van der Waals surface area contributed by atoms with E-state index >= 15 is 0 Å². The number of thioether (sulfide) groups is 2. The molecule has 1 amide bonds. The lowest BCUT2D eigenvalue weighted by molar-refractivity contribution is -0.134. The molecule has 1 heterocycles. The van der Waals surface area contributed by atoms with Gasteiger partial charge in [-0.05, 0) is 35.4 Å². The van der Waals surface area contributed by atoms with Crippen LogP contribution in [0.25, 0.3) is 0 Å². The second kappa shape index (κ2) is 11.8. The first-order chi connectivity index (χ1) is 13.1. The summed E-state index contributed by atoms with van der Waals surface area (Å²) in [6.45, 7) is 0.313. The van der Waals surface area contributed by atoms with Gasteiger partial charge in [0, 0.05) is 12.8 Å². The van der Waals surface area contributed by atoms with Gasteiger partial charge in [0.25, 0.3) is 0 Å². The molecule has 0 spiro atoms. The molecule has 5 nitrogen and oxygen atoms in total.